The second-order valence-electron chi connectivity index (χ2n) is 5.06. The zero-order valence-electron chi connectivity index (χ0n) is 12.0. The summed E-state index contributed by atoms with van der Waals surface area (Å²) in [6.07, 6.45) is 0.257. The molecule has 24 heavy (non-hydrogen) atoms. The van der Waals surface area contributed by atoms with Crippen LogP contribution in [0.1, 0.15) is 5.69 Å². The van der Waals surface area contributed by atoms with Crippen LogP contribution in [0.2, 0.25) is 0 Å². The highest BCUT2D eigenvalue weighted by molar-refractivity contribution is 7.21. The van der Waals surface area contributed by atoms with Crippen LogP contribution in [-0.4, -0.2) is 19.7 Å². The molecule has 0 spiro atoms. The molecular weight excluding hydrogens is 337 g/mol. The van der Waals surface area contributed by atoms with Crippen molar-refractivity contribution in [3.63, 3.8) is 0 Å². The number of aromatic nitrogens is 4. The number of thiazole rings is 1. The number of benzene rings is 1. The Morgan fingerprint density at radius 2 is 1.96 bits per heavy atom. The zero-order valence-corrected chi connectivity index (χ0v) is 12.8. The molecule has 0 radical (unpaired) electrons. The molecule has 0 amide bonds. The first kappa shape index (κ1) is 14.8. The number of rotatable bonds is 2. The number of hydrogen-bond donors (Lipinski definition) is 0. The van der Waals surface area contributed by atoms with E-state index in [2.05, 4.69) is 15.1 Å². The van der Waals surface area contributed by atoms with E-state index in [1.54, 1.807) is 30.6 Å². The highest BCUT2D eigenvalue weighted by Gasteiger charge is 2.33. The maximum Gasteiger partial charge on any atom is 0.435 e. The third kappa shape index (κ3) is 2.65. The molecule has 4 rings (SSSR count). The molecule has 4 nitrogen and oxygen atoms in total. The van der Waals surface area contributed by atoms with Crippen molar-refractivity contribution in [3.05, 3.63) is 60.7 Å². The lowest BCUT2D eigenvalue weighted by atomic mass is 10.3. The van der Waals surface area contributed by atoms with Gasteiger partial charge in [0.05, 0.1) is 15.9 Å². The van der Waals surface area contributed by atoms with Crippen molar-refractivity contribution in [2.24, 2.45) is 0 Å². The van der Waals surface area contributed by atoms with E-state index < -0.39 is 11.9 Å². The van der Waals surface area contributed by atoms with Crippen molar-refractivity contribution in [3.8, 4) is 16.3 Å². The van der Waals surface area contributed by atoms with E-state index >= 15 is 0 Å². The fourth-order valence-electron chi connectivity index (χ4n) is 2.29. The summed E-state index contributed by atoms with van der Waals surface area (Å²) < 4.78 is 40.1. The molecule has 0 unspecified atom stereocenters. The fraction of sp³-hybridized carbons (Fsp3) is 0.0625. The summed E-state index contributed by atoms with van der Waals surface area (Å²) in [4.78, 5) is 8.60. The predicted molar refractivity (Wildman–Crippen MR) is 85.0 cm³/mol. The molecule has 4 aromatic rings. The van der Waals surface area contributed by atoms with Crippen LogP contribution in [0, 0.1) is 0 Å². The third-order valence-electron chi connectivity index (χ3n) is 3.42. The van der Waals surface area contributed by atoms with Gasteiger partial charge in [-0.2, -0.15) is 18.3 Å². The van der Waals surface area contributed by atoms with Gasteiger partial charge in [0.25, 0.3) is 0 Å². The van der Waals surface area contributed by atoms with E-state index in [0.29, 0.717) is 5.69 Å². The zero-order chi connectivity index (χ0) is 16.7. The Morgan fingerprint density at radius 3 is 2.67 bits per heavy atom. The minimum absolute atomic E-state index is 0.555. The molecule has 0 bridgehead atoms. The van der Waals surface area contributed by atoms with Crippen LogP contribution in [-0.2, 0) is 6.18 Å². The molecule has 3 aromatic heterocycles. The lowest BCUT2D eigenvalue weighted by molar-refractivity contribution is -0.141. The summed E-state index contributed by atoms with van der Waals surface area (Å²) in [6, 6.07) is 9.94. The summed E-state index contributed by atoms with van der Waals surface area (Å²) >= 11 is 1.46. The summed E-state index contributed by atoms with van der Waals surface area (Å²) in [5, 5.41) is 4.40. The average molecular weight is 346 g/mol. The summed E-state index contributed by atoms with van der Waals surface area (Å²) in [5.41, 5.74) is 1.33. The Hall–Kier alpha value is -2.74. The summed E-state index contributed by atoms with van der Waals surface area (Å²) in [5.74, 6) is 0. The maximum atomic E-state index is 12.7. The van der Waals surface area contributed by atoms with Crippen LogP contribution in [0.5, 0.6) is 0 Å². The first-order valence-corrected chi connectivity index (χ1v) is 7.76. The van der Waals surface area contributed by atoms with Gasteiger partial charge in [-0.05, 0) is 36.4 Å². The second-order valence-corrected chi connectivity index (χ2v) is 6.09. The van der Waals surface area contributed by atoms with Crippen LogP contribution in [0.4, 0.5) is 13.2 Å². The van der Waals surface area contributed by atoms with Gasteiger partial charge in [0.2, 0.25) is 0 Å². The van der Waals surface area contributed by atoms with E-state index in [1.807, 2.05) is 12.1 Å². The summed E-state index contributed by atoms with van der Waals surface area (Å²) in [6.45, 7) is 0. The van der Waals surface area contributed by atoms with Crippen LogP contribution in [0.15, 0.2) is 55.0 Å². The number of fused-ring (bicyclic) bond motifs is 1. The number of nitrogens with zero attached hydrogens (tertiary/aromatic N) is 4. The van der Waals surface area contributed by atoms with Crippen LogP contribution in [0.3, 0.4) is 0 Å². The number of pyridine rings is 1. The van der Waals surface area contributed by atoms with Gasteiger partial charge in [-0.3, -0.25) is 4.98 Å². The predicted octanol–water partition coefficient (Wildman–Crippen LogP) is 4.56. The van der Waals surface area contributed by atoms with E-state index in [0.717, 1.165) is 26.9 Å². The lowest BCUT2D eigenvalue weighted by Crippen LogP contribution is -2.07. The molecule has 0 saturated heterocycles. The normalized spacial score (nSPS) is 12.0. The molecule has 8 heteroatoms. The quantitative estimate of drug-likeness (QED) is 0.534. The van der Waals surface area contributed by atoms with Gasteiger partial charge >= 0.3 is 6.18 Å². The Kier molecular flexibility index (Phi) is 3.34. The second kappa shape index (κ2) is 5.41. The largest absolute Gasteiger partial charge is 0.435 e. The first-order chi connectivity index (χ1) is 11.5. The highest BCUT2D eigenvalue weighted by atomic mass is 32.1. The standard InChI is InChI=1S/C16H9F3N4S/c17-16(18,19)14-5-7-23(22-14)11-3-4-12-13(8-11)24-15(21-12)10-2-1-6-20-9-10/h1-9H. The van der Waals surface area contributed by atoms with Gasteiger partial charge in [0.1, 0.15) is 5.01 Å². The van der Waals surface area contributed by atoms with Crippen molar-refractivity contribution in [1.82, 2.24) is 19.7 Å². The van der Waals surface area contributed by atoms with Crippen molar-refractivity contribution in [2.45, 2.75) is 6.18 Å². The van der Waals surface area contributed by atoms with Crippen molar-refractivity contribution in [2.75, 3.05) is 0 Å². The first-order valence-electron chi connectivity index (χ1n) is 6.95. The summed E-state index contributed by atoms with van der Waals surface area (Å²) in [7, 11) is 0. The highest BCUT2D eigenvalue weighted by Crippen LogP contribution is 2.32. The molecule has 0 N–H and O–H groups in total. The maximum absolute atomic E-state index is 12.7. The van der Waals surface area contributed by atoms with E-state index in [1.165, 1.54) is 22.2 Å². The molecule has 120 valence electrons. The Labute approximate surface area is 138 Å². The van der Waals surface area contributed by atoms with Gasteiger partial charge in [0, 0.05) is 24.2 Å². The molecule has 0 saturated carbocycles. The van der Waals surface area contributed by atoms with Gasteiger partial charge in [0.15, 0.2) is 5.69 Å². The number of hydrogen-bond acceptors (Lipinski definition) is 4. The van der Waals surface area contributed by atoms with Gasteiger partial charge in [-0.1, -0.05) is 0 Å². The topological polar surface area (TPSA) is 43.6 Å². The lowest BCUT2D eigenvalue weighted by Gasteiger charge is -2.02. The van der Waals surface area contributed by atoms with Gasteiger partial charge < -0.3 is 0 Å². The molecule has 0 aliphatic heterocycles. The smallest absolute Gasteiger partial charge is 0.264 e. The minimum atomic E-state index is -4.45. The number of halogens is 3. The molecular formula is C16H9F3N4S. The Morgan fingerprint density at radius 1 is 1.08 bits per heavy atom. The minimum Gasteiger partial charge on any atom is -0.264 e. The third-order valence-corrected chi connectivity index (χ3v) is 4.49. The molecule has 0 aliphatic carbocycles. The van der Waals surface area contributed by atoms with Crippen LogP contribution >= 0.6 is 11.3 Å². The molecule has 0 aliphatic rings. The van der Waals surface area contributed by atoms with Crippen molar-refractivity contribution >= 4 is 21.6 Å². The molecule has 3 heterocycles. The monoisotopic (exact) mass is 346 g/mol. The molecule has 1 aromatic carbocycles. The van der Waals surface area contributed by atoms with E-state index in [9.17, 15) is 13.2 Å². The van der Waals surface area contributed by atoms with Crippen molar-refractivity contribution in [1.29, 1.82) is 0 Å². The van der Waals surface area contributed by atoms with Gasteiger partial charge in [-0.15, -0.1) is 11.3 Å². The molecule has 0 atom stereocenters. The fourth-order valence-corrected chi connectivity index (χ4v) is 3.28. The Bertz CT molecular complexity index is 1010. The van der Waals surface area contributed by atoms with Crippen molar-refractivity contribution < 1.29 is 13.2 Å². The SMILES string of the molecule is FC(F)(F)c1ccn(-c2ccc3nc(-c4cccnc4)sc3c2)n1. The van der Waals surface area contributed by atoms with E-state index in [-0.39, 0.29) is 0 Å². The van der Waals surface area contributed by atoms with Crippen LogP contribution < -0.4 is 0 Å². The Balaban J connectivity index is 1.75. The molecule has 0 fully saturated rings. The van der Waals surface area contributed by atoms with Crippen LogP contribution in [0.25, 0.3) is 26.5 Å². The average Bonchev–Trinajstić information content (AvgIpc) is 3.21. The van der Waals surface area contributed by atoms with Gasteiger partial charge in [-0.25, -0.2) is 9.67 Å². The number of alkyl halides is 3. The van der Waals surface area contributed by atoms with E-state index in [4.69, 9.17) is 0 Å².